The predicted octanol–water partition coefficient (Wildman–Crippen LogP) is 0.503. The van der Waals surface area contributed by atoms with Crippen LogP contribution in [0.4, 0.5) is 0 Å². The molecule has 0 unspecified atom stereocenters. The van der Waals surface area contributed by atoms with Gasteiger partial charge in [0.05, 0.1) is 12.4 Å². The summed E-state index contributed by atoms with van der Waals surface area (Å²) in [6, 6.07) is 0. The zero-order chi connectivity index (χ0) is 13.1. The molecule has 0 radical (unpaired) electrons. The highest BCUT2D eigenvalue weighted by molar-refractivity contribution is 7.89. The Morgan fingerprint density at radius 1 is 1.29 bits per heavy atom. The lowest BCUT2D eigenvalue weighted by Crippen LogP contribution is -2.35. The molecule has 0 heterocycles. The third-order valence-electron chi connectivity index (χ3n) is 2.29. The molecule has 17 heavy (non-hydrogen) atoms. The number of methoxy groups -OCH3 is 1. The van der Waals surface area contributed by atoms with E-state index in [4.69, 9.17) is 16.3 Å². The summed E-state index contributed by atoms with van der Waals surface area (Å²) in [4.78, 5) is 2.02. The Bertz CT molecular complexity index is 273. The molecule has 0 saturated heterocycles. The highest BCUT2D eigenvalue weighted by atomic mass is 35.5. The van der Waals surface area contributed by atoms with Crippen LogP contribution < -0.4 is 4.72 Å². The average Bonchev–Trinajstić information content (AvgIpc) is 2.26. The van der Waals surface area contributed by atoms with E-state index in [1.165, 1.54) is 0 Å². The second-order valence-electron chi connectivity index (χ2n) is 3.91. The van der Waals surface area contributed by atoms with Crippen molar-refractivity contribution in [1.29, 1.82) is 0 Å². The number of rotatable bonds is 11. The van der Waals surface area contributed by atoms with Gasteiger partial charge in [0.1, 0.15) is 0 Å². The molecule has 0 spiro atoms. The predicted molar refractivity (Wildman–Crippen MR) is 71.1 cm³/mol. The van der Waals surface area contributed by atoms with Gasteiger partial charge in [0.15, 0.2) is 0 Å². The topological polar surface area (TPSA) is 58.6 Å². The maximum absolute atomic E-state index is 11.5. The molecule has 5 nitrogen and oxygen atoms in total. The summed E-state index contributed by atoms with van der Waals surface area (Å²) in [7, 11) is 0.441. The molecule has 0 aromatic carbocycles. The van der Waals surface area contributed by atoms with Crippen LogP contribution in [-0.4, -0.2) is 65.3 Å². The first-order valence-corrected chi connectivity index (χ1v) is 7.91. The maximum Gasteiger partial charge on any atom is 0.211 e. The lowest BCUT2D eigenvalue weighted by atomic mass is 10.4. The van der Waals surface area contributed by atoms with E-state index in [1.54, 1.807) is 7.11 Å². The standard InChI is InChI=1S/C10H23ClN2O3S/c1-13(8-9-16-2)7-6-12-17(14,15)10-4-3-5-11/h12H,3-10H2,1-2H3. The van der Waals surface area contributed by atoms with Gasteiger partial charge < -0.3 is 9.64 Å². The fourth-order valence-corrected chi connectivity index (χ4v) is 2.53. The normalized spacial score (nSPS) is 12.2. The van der Waals surface area contributed by atoms with Crippen LogP contribution in [0.25, 0.3) is 0 Å². The number of ether oxygens (including phenoxy) is 1. The van der Waals surface area contributed by atoms with Crippen molar-refractivity contribution in [2.45, 2.75) is 12.8 Å². The number of alkyl halides is 1. The molecule has 0 saturated carbocycles. The van der Waals surface area contributed by atoms with Crippen LogP contribution in [0.1, 0.15) is 12.8 Å². The van der Waals surface area contributed by atoms with Crippen LogP contribution in [0.5, 0.6) is 0 Å². The highest BCUT2D eigenvalue weighted by Crippen LogP contribution is 1.96. The average molecular weight is 287 g/mol. The summed E-state index contributed by atoms with van der Waals surface area (Å²) in [5.74, 6) is 0.663. The van der Waals surface area contributed by atoms with E-state index in [2.05, 4.69) is 4.72 Å². The van der Waals surface area contributed by atoms with Gasteiger partial charge in [0, 0.05) is 32.6 Å². The summed E-state index contributed by atoms with van der Waals surface area (Å²) >= 11 is 5.49. The van der Waals surface area contributed by atoms with Gasteiger partial charge in [0.25, 0.3) is 0 Å². The van der Waals surface area contributed by atoms with Crippen molar-refractivity contribution in [2.75, 3.05) is 52.0 Å². The Kier molecular flexibility index (Phi) is 10.2. The molecule has 0 rings (SSSR count). The first-order chi connectivity index (χ1) is 8.02. The fraction of sp³-hybridized carbons (Fsp3) is 1.00. The summed E-state index contributed by atoms with van der Waals surface area (Å²) in [5, 5.41) is 0. The minimum Gasteiger partial charge on any atom is -0.383 e. The van der Waals surface area contributed by atoms with Crippen molar-refractivity contribution in [3.05, 3.63) is 0 Å². The SMILES string of the molecule is COCCN(C)CCNS(=O)(=O)CCCCCl. The second-order valence-corrected chi connectivity index (χ2v) is 6.21. The van der Waals surface area contributed by atoms with E-state index in [0.717, 1.165) is 13.0 Å². The summed E-state index contributed by atoms with van der Waals surface area (Å²) in [6.07, 6.45) is 1.34. The Hall–Kier alpha value is 0.120. The Balaban J connectivity index is 3.64. The van der Waals surface area contributed by atoms with E-state index >= 15 is 0 Å². The van der Waals surface area contributed by atoms with E-state index in [1.807, 2.05) is 11.9 Å². The lowest BCUT2D eigenvalue weighted by molar-refractivity contribution is 0.162. The van der Waals surface area contributed by atoms with Crippen molar-refractivity contribution < 1.29 is 13.2 Å². The number of hydrogen-bond acceptors (Lipinski definition) is 4. The third kappa shape index (κ3) is 11.0. The number of halogens is 1. The highest BCUT2D eigenvalue weighted by Gasteiger charge is 2.09. The molecule has 104 valence electrons. The first-order valence-electron chi connectivity index (χ1n) is 5.72. The van der Waals surface area contributed by atoms with Crippen LogP contribution in [0.3, 0.4) is 0 Å². The van der Waals surface area contributed by atoms with Crippen LogP contribution in [-0.2, 0) is 14.8 Å². The van der Waals surface area contributed by atoms with E-state index in [0.29, 0.717) is 32.0 Å². The van der Waals surface area contributed by atoms with Gasteiger partial charge in [-0.3, -0.25) is 0 Å². The number of hydrogen-bond donors (Lipinski definition) is 1. The molecule has 0 aliphatic heterocycles. The van der Waals surface area contributed by atoms with Crippen molar-refractivity contribution in [1.82, 2.24) is 9.62 Å². The molecule has 0 aromatic heterocycles. The van der Waals surface area contributed by atoms with E-state index in [9.17, 15) is 8.42 Å². The van der Waals surface area contributed by atoms with Gasteiger partial charge in [-0.2, -0.15) is 0 Å². The smallest absolute Gasteiger partial charge is 0.211 e. The zero-order valence-electron chi connectivity index (χ0n) is 10.6. The molecule has 0 bridgehead atoms. The lowest BCUT2D eigenvalue weighted by Gasteiger charge is -2.16. The zero-order valence-corrected chi connectivity index (χ0v) is 12.2. The van der Waals surface area contributed by atoms with Crippen LogP contribution in [0, 0.1) is 0 Å². The quantitative estimate of drug-likeness (QED) is 0.444. The van der Waals surface area contributed by atoms with Crippen molar-refractivity contribution >= 4 is 21.6 Å². The maximum atomic E-state index is 11.5. The molecule has 7 heteroatoms. The van der Waals surface area contributed by atoms with Crippen LogP contribution in [0.2, 0.25) is 0 Å². The molecular formula is C10H23ClN2O3S. The molecule has 1 N–H and O–H groups in total. The molecule has 0 fully saturated rings. The summed E-state index contributed by atoms with van der Waals surface area (Å²) in [5.41, 5.74) is 0. The number of unbranched alkanes of at least 4 members (excludes halogenated alkanes) is 1. The van der Waals surface area contributed by atoms with Gasteiger partial charge in [-0.1, -0.05) is 0 Å². The first kappa shape index (κ1) is 17.1. The van der Waals surface area contributed by atoms with Gasteiger partial charge in [-0.05, 0) is 19.9 Å². The Morgan fingerprint density at radius 3 is 2.59 bits per heavy atom. The number of nitrogens with one attached hydrogen (secondary N) is 1. The molecule has 0 aliphatic carbocycles. The van der Waals surface area contributed by atoms with Crippen molar-refractivity contribution in [2.24, 2.45) is 0 Å². The molecule has 0 aliphatic rings. The van der Waals surface area contributed by atoms with E-state index < -0.39 is 10.0 Å². The fourth-order valence-electron chi connectivity index (χ4n) is 1.21. The molecule has 0 atom stereocenters. The van der Waals surface area contributed by atoms with Crippen LogP contribution in [0.15, 0.2) is 0 Å². The minimum absolute atomic E-state index is 0.154. The monoisotopic (exact) mass is 286 g/mol. The number of sulfonamides is 1. The van der Waals surface area contributed by atoms with Gasteiger partial charge in [0.2, 0.25) is 10.0 Å². The van der Waals surface area contributed by atoms with Crippen LogP contribution >= 0.6 is 11.6 Å². The second kappa shape index (κ2) is 10.1. The van der Waals surface area contributed by atoms with Gasteiger partial charge >= 0.3 is 0 Å². The molecule has 0 amide bonds. The van der Waals surface area contributed by atoms with Crippen molar-refractivity contribution in [3.63, 3.8) is 0 Å². The largest absolute Gasteiger partial charge is 0.383 e. The van der Waals surface area contributed by atoms with Crippen molar-refractivity contribution in [3.8, 4) is 0 Å². The molecule has 0 aromatic rings. The molecular weight excluding hydrogens is 264 g/mol. The van der Waals surface area contributed by atoms with Gasteiger partial charge in [-0.25, -0.2) is 13.1 Å². The van der Waals surface area contributed by atoms with Gasteiger partial charge in [-0.15, -0.1) is 11.6 Å². The van der Waals surface area contributed by atoms with E-state index in [-0.39, 0.29) is 5.75 Å². The minimum atomic E-state index is -3.14. The Labute approximate surface area is 110 Å². The number of likely N-dealkylation sites (N-methyl/N-ethyl adjacent to an activating group) is 1. The third-order valence-corrected chi connectivity index (χ3v) is 4.03. The number of nitrogens with zero attached hydrogens (tertiary/aromatic N) is 1. The summed E-state index contributed by atoms with van der Waals surface area (Å²) in [6.45, 7) is 2.56. The summed E-state index contributed by atoms with van der Waals surface area (Å²) < 4.78 is 30.5. The Morgan fingerprint density at radius 2 is 2.00 bits per heavy atom.